The first-order valence-electron chi connectivity index (χ1n) is 10.3. The Morgan fingerprint density at radius 2 is 1.77 bits per heavy atom. The molecule has 0 bridgehead atoms. The van der Waals surface area contributed by atoms with Crippen LogP contribution in [0.25, 0.3) is 0 Å². The average molecular weight is 444 g/mol. The summed E-state index contributed by atoms with van der Waals surface area (Å²) < 4.78 is 10.6. The largest absolute Gasteiger partial charge is 0.486 e. The van der Waals surface area contributed by atoms with Crippen LogP contribution in [0.15, 0.2) is 45.1 Å². The molecule has 31 heavy (non-hydrogen) atoms. The van der Waals surface area contributed by atoms with E-state index in [1.54, 1.807) is 7.05 Å². The highest BCUT2D eigenvalue weighted by Crippen LogP contribution is 2.23. The van der Waals surface area contributed by atoms with Gasteiger partial charge in [-0.25, -0.2) is 4.79 Å². The van der Waals surface area contributed by atoms with E-state index in [-0.39, 0.29) is 11.2 Å². The van der Waals surface area contributed by atoms with Crippen LogP contribution in [0.2, 0.25) is 0 Å². The zero-order valence-corrected chi connectivity index (χ0v) is 19.5. The van der Waals surface area contributed by atoms with Crippen molar-refractivity contribution in [3.8, 4) is 5.75 Å². The molecule has 0 radical (unpaired) electrons. The van der Waals surface area contributed by atoms with E-state index in [4.69, 9.17) is 4.74 Å². The summed E-state index contributed by atoms with van der Waals surface area (Å²) in [5.74, 6) is 2.37. The SMILES string of the molecule is CCc1ccc(OCc2nnc(SCc3cc(=O)n(C)c(=O)n3C)n2CC(C)C)cc1. The van der Waals surface area contributed by atoms with Crippen molar-refractivity contribution < 1.29 is 4.74 Å². The van der Waals surface area contributed by atoms with Crippen LogP contribution < -0.4 is 16.0 Å². The average Bonchev–Trinajstić information content (AvgIpc) is 3.13. The highest BCUT2D eigenvalue weighted by atomic mass is 32.2. The second-order valence-corrected chi connectivity index (χ2v) is 8.80. The molecule has 0 fully saturated rings. The first-order chi connectivity index (χ1) is 14.8. The number of aryl methyl sites for hydroxylation is 1. The molecule has 0 aliphatic carbocycles. The van der Waals surface area contributed by atoms with Gasteiger partial charge in [0.2, 0.25) is 0 Å². The van der Waals surface area contributed by atoms with E-state index in [1.807, 2.05) is 12.1 Å². The lowest BCUT2D eigenvalue weighted by Gasteiger charge is -2.14. The number of hydrogen-bond donors (Lipinski definition) is 0. The van der Waals surface area contributed by atoms with E-state index in [0.29, 0.717) is 24.0 Å². The van der Waals surface area contributed by atoms with Gasteiger partial charge in [-0.3, -0.25) is 13.9 Å². The summed E-state index contributed by atoms with van der Waals surface area (Å²) in [6.07, 6.45) is 0.989. The van der Waals surface area contributed by atoms with Crippen LogP contribution in [0, 0.1) is 5.92 Å². The summed E-state index contributed by atoms with van der Waals surface area (Å²) in [5, 5.41) is 9.41. The molecule has 1 aromatic carbocycles. The fourth-order valence-electron chi connectivity index (χ4n) is 3.11. The zero-order chi connectivity index (χ0) is 22.5. The van der Waals surface area contributed by atoms with Crippen molar-refractivity contribution >= 4 is 11.8 Å². The van der Waals surface area contributed by atoms with Crippen LogP contribution in [0.1, 0.15) is 37.9 Å². The van der Waals surface area contributed by atoms with Gasteiger partial charge in [-0.15, -0.1) is 10.2 Å². The molecule has 0 spiro atoms. The molecule has 0 amide bonds. The van der Waals surface area contributed by atoms with Crippen LogP contribution in [-0.2, 0) is 39.4 Å². The quantitative estimate of drug-likeness (QED) is 0.473. The molecule has 0 aliphatic rings. The number of aromatic nitrogens is 5. The Labute approximate surface area is 185 Å². The molecule has 8 nitrogen and oxygen atoms in total. The summed E-state index contributed by atoms with van der Waals surface area (Å²) in [5.41, 5.74) is 1.26. The Morgan fingerprint density at radius 3 is 2.42 bits per heavy atom. The number of benzene rings is 1. The second kappa shape index (κ2) is 10.00. The van der Waals surface area contributed by atoms with Gasteiger partial charge in [0.05, 0.1) is 0 Å². The van der Waals surface area contributed by atoms with Crippen molar-refractivity contribution in [1.82, 2.24) is 23.9 Å². The van der Waals surface area contributed by atoms with E-state index in [1.165, 1.54) is 35.0 Å². The fraction of sp³-hybridized carbons (Fsp3) is 0.455. The Balaban J connectivity index is 1.77. The van der Waals surface area contributed by atoms with Crippen molar-refractivity contribution in [2.45, 2.75) is 51.3 Å². The number of thioether (sulfide) groups is 1. The maximum Gasteiger partial charge on any atom is 0.330 e. The van der Waals surface area contributed by atoms with Gasteiger partial charge < -0.3 is 9.30 Å². The maximum atomic E-state index is 12.2. The first kappa shape index (κ1) is 22.9. The molecule has 166 valence electrons. The maximum absolute atomic E-state index is 12.2. The predicted octanol–water partition coefficient (Wildman–Crippen LogP) is 2.77. The number of ether oxygens (including phenoxy) is 1. The molecule has 0 atom stereocenters. The molecule has 2 aromatic heterocycles. The number of hydrogen-bond acceptors (Lipinski definition) is 6. The van der Waals surface area contributed by atoms with Gasteiger partial charge >= 0.3 is 5.69 Å². The fourth-order valence-corrected chi connectivity index (χ4v) is 4.09. The van der Waals surface area contributed by atoms with Crippen molar-refractivity contribution in [2.24, 2.45) is 20.0 Å². The van der Waals surface area contributed by atoms with Crippen LogP contribution in [0.3, 0.4) is 0 Å². The number of nitrogens with zero attached hydrogens (tertiary/aromatic N) is 5. The summed E-state index contributed by atoms with van der Waals surface area (Å²) in [6.45, 7) is 7.45. The van der Waals surface area contributed by atoms with Crippen LogP contribution >= 0.6 is 11.8 Å². The molecule has 0 N–H and O–H groups in total. The molecular weight excluding hydrogens is 414 g/mol. The van der Waals surface area contributed by atoms with Gasteiger partial charge in [0.15, 0.2) is 11.0 Å². The van der Waals surface area contributed by atoms with Crippen LogP contribution in [-0.4, -0.2) is 23.9 Å². The second-order valence-electron chi connectivity index (χ2n) is 7.85. The summed E-state index contributed by atoms with van der Waals surface area (Å²) in [6, 6.07) is 9.54. The Bertz CT molecular complexity index is 1150. The minimum absolute atomic E-state index is 0.314. The molecule has 0 saturated heterocycles. The third-order valence-corrected chi connectivity index (χ3v) is 6.02. The van der Waals surface area contributed by atoms with Gasteiger partial charge in [0.25, 0.3) is 5.56 Å². The topological polar surface area (TPSA) is 83.9 Å². The van der Waals surface area contributed by atoms with Crippen LogP contribution in [0.5, 0.6) is 5.75 Å². The lowest BCUT2D eigenvalue weighted by Crippen LogP contribution is -2.37. The highest BCUT2D eigenvalue weighted by Gasteiger charge is 2.16. The minimum Gasteiger partial charge on any atom is -0.486 e. The summed E-state index contributed by atoms with van der Waals surface area (Å²) >= 11 is 1.45. The van der Waals surface area contributed by atoms with E-state index >= 15 is 0 Å². The minimum atomic E-state index is -0.338. The summed E-state index contributed by atoms with van der Waals surface area (Å²) in [4.78, 5) is 24.2. The first-order valence-corrected chi connectivity index (χ1v) is 11.3. The standard InChI is InChI=1S/C22H29N5O3S/c1-6-16-7-9-18(10-8-16)30-13-19-23-24-21(27(19)12-15(2)3)31-14-17-11-20(28)26(5)22(29)25(17)4/h7-11,15H,6,12-14H2,1-5H3. The smallest absolute Gasteiger partial charge is 0.330 e. The number of rotatable bonds is 9. The van der Waals surface area contributed by atoms with Gasteiger partial charge in [-0.2, -0.15) is 0 Å². The normalized spacial score (nSPS) is 11.3. The Kier molecular flexibility index (Phi) is 7.37. The zero-order valence-electron chi connectivity index (χ0n) is 18.7. The molecule has 3 rings (SSSR count). The van der Waals surface area contributed by atoms with E-state index in [0.717, 1.165) is 34.3 Å². The monoisotopic (exact) mass is 443 g/mol. The van der Waals surface area contributed by atoms with Crippen molar-refractivity contribution in [1.29, 1.82) is 0 Å². The molecule has 2 heterocycles. The molecule has 0 saturated carbocycles. The van der Waals surface area contributed by atoms with Crippen molar-refractivity contribution in [2.75, 3.05) is 0 Å². The molecule has 0 unspecified atom stereocenters. The molecular formula is C22H29N5O3S. The van der Waals surface area contributed by atoms with Crippen LogP contribution in [0.4, 0.5) is 0 Å². The third-order valence-electron chi connectivity index (χ3n) is 5.02. The van der Waals surface area contributed by atoms with Gasteiger partial charge in [0, 0.05) is 38.2 Å². The van der Waals surface area contributed by atoms with E-state index < -0.39 is 0 Å². The van der Waals surface area contributed by atoms with Gasteiger partial charge in [0.1, 0.15) is 12.4 Å². The van der Waals surface area contributed by atoms with Crippen molar-refractivity contribution in [3.05, 3.63) is 68.3 Å². The summed E-state index contributed by atoms with van der Waals surface area (Å²) in [7, 11) is 3.14. The van der Waals surface area contributed by atoms with E-state index in [2.05, 4.69) is 47.7 Å². The Hall–Kier alpha value is -2.81. The highest BCUT2D eigenvalue weighted by molar-refractivity contribution is 7.98. The molecule has 9 heteroatoms. The molecule has 0 aliphatic heterocycles. The van der Waals surface area contributed by atoms with Gasteiger partial charge in [-0.1, -0.05) is 44.7 Å². The lowest BCUT2D eigenvalue weighted by molar-refractivity contribution is 0.284. The Morgan fingerprint density at radius 1 is 1.06 bits per heavy atom. The lowest BCUT2D eigenvalue weighted by atomic mass is 10.2. The van der Waals surface area contributed by atoms with Crippen molar-refractivity contribution in [3.63, 3.8) is 0 Å². The molecule has 3 aromatic rings. The predicted molar refractivity (Wildman–Crippen MR) is 121 cm³/mol. The van der Waals surface area contributed by atoms with E-state index in [9.17, 15) is 9.59 Å². The third kappa shape index (κ3) is 5.46. The van der Waals surface area contributed by atoms with Gasteiger partial charge in [-0.05, 0) is 30.0 Å².